The maximum Gasteiger partial charge on any atom is 0.312 e. The Morgan fingerprint density at radius 3 is 2.90 bits per heavy atom. The van der Waals surface area contributed by atoms with Gasteiger partial charge in [0.2, 0.25) is 0 Å². The number of aliphatic hydroxyl groups excluding tert-OH is 1. The van der Waals surface area contributed by atoms with E-state index in [9.17, 15) is 19.1 Å². The average molecular weight is 280 g/mol. The second-order valence-electron chi connectivity index (χ2n) is 4.90. The molecule has 1 fully saturated rings. The van der Waals surface area contributed by atoms with E-state index in [4.69, 9.17) is 0 Å². The summed E-state index contributed by atoms with van der Waals surface area (Å²) in [7, 11) is 0. The molecule has 0 radical (unpaired) electrons. The van der Waals surface area contributed by atoms with Crippen molar-refractivity contribution in [2.24, 2.45) is 0 Å². The number of nitrogens with zero attached hydrogens (tertiary/aromatic N) is 1. The van der Waals surface area contributed by atoms with Crippen LogP contribution in [0.5, 0.6) is 0 Å². The summed E-state index contributed by atoms with van der Waals surface area (Å²) in [4.78, 5) is 24.6. The van der Waals surface area contributed by atoms with E-state index in [-0.39, 0.29) is 18.9 Å². The molecule has 1 heterocycles. The number of halogens is 1. The molecule has 2 rings (SSSR count). The van der Waals surface area contributed by atoms with Crippen molar-refractivity contribution in [3.05, 3.63) is 35.6 Å². The Labute approximate surface area is 116 Å². The molecule has 108 valence electrons. The Bertz CT molecular complexity index is 519. The zero-order chi connectivity index (χ0) is 14.7. The first-order valence-corrected chi connectivity index (χ1v) is 6.50. The fourth-order valence-electron chi connectivity index (χ4n) is 2.30. The highest BCUT2D eigenvalue weighted by Crippen LogP contribution is 2.12. The zero-order valence-electron chi connectivity index (χ0n) is 11.2. The molecule has 1 aliphatic rings. The smallest absolute Gasteiger partial charge is 0.312 e. The summed E-state index contributed by atoms with van der Waals surface area (Å²) >= 11 is 0. The predicted octanol–water partition coefficient (Wildman–Crippen LogP) is 0.0760. The number of amides is 2. The fraction of sp³-hybridized carbons (Fsp3) is 0.429. The largest absolute Gasteiger partial charge is 0.391 e. The van der Waals surface area contributed by atoms with Crippen LogP contribution in [-0.4, -0.2) is 47.1 Å². The first-order valence-electron chi connectivity index (χ1n) is 6.50. The van der Waals surface area contributed by atoms with Gasteiger partial charge in [0.1, 0.15) is 5.82 Å². The van der Waals surface area contributed by atoms with Crippen LogP contribution in [0.4, 0.5) is 4.39 Å². The normalized spacial score (nSPS) is 20.8. The van der Waals surface area contributed by atoms with E-state index in [1.807, 2.05) is 0 Å². The van der Waals surface area contributed by atoms with Crippen molar-refractivity contribution >= 4 is 11.8 Å². The lowest BCUT2D eigenvalue weighted by atomic mass is 10.1. The summed E-state index contributed by atoms with van der Waals surface area (Å²) in [5.41, 5.74) is 0.744. The summed E-state index contributed by atoms with van der Waals surface area (Å²) in [6.07, 6.45) is -0.313. The van der Waals surface area contributed by atoms with Gasteiger partial charge in [0.15, 0.2) is 0 Å². The van der Waals surface area contributed by atoms with Gasteiger partial charge in [-0.1, -0.05) is 12.1 Å². The number of hydrogen-bond acceptors (Lipinski definition) is 3. The SMILES string of the molecule is CC(O)[C@H]1CNC(=O)C(=O)N1CCc1cccc(F)c1. The molecule has 0 aromatic heterocycles. The number of benzene rings is 1. The quantitative estimate of drug-likeness (QED) is 0.767. The van der Waals surface area contributed by atoms with Crippen LogP contribution in [0.25, 0.3) is 0 Å². The summed E-state index contributed by atoms with van der Waals surface area (Å²) < 4.78 is 13.1. The molecular weight excluding hydrogens is 263 g/mol. The summed E-state index contributed by atoms with van der Waals surface area (Å²) in [6, 6.07) is 5.65. The van der Waals surface area contributed by atoms with Gasteiger partial charge in [0, 0.05) is 13.1 Å². The molecule has 1 aliphatic heterocycles. The zero-order valence-corrected chi connectivity index (χ0v) is 11.2. The van der Waals surface area contributed by atoms with Crippen molar-refractivity contribution in [1.82, 2.24) is 10.2 Å². The van der Waals surface area contributed by atoms with E-state index in [1.54, 1.807) is 19.1 Å². The maximum absolute atomic E-state index is 13.1. The van der Waals surface area contributed by atoms with Crippen LogP contribution in [0, 0.1) is 5.82 Å². The van der Waals surface area contributed by atoms with Crippen LogP contribution in [0.15, 0.2) is 24.3 Å². The lowest BCUT2D eigenvalue weighted by molar-refractivity contribution is -0.152. The highest BCUT2D eigenvalue weighted by atomic mass is 19.1. The van der Waals surface area contributed by atoms with Gasteiger partial charge in [-0.3, -0.25) is 9.59 Å². The predicted molar refractivity (Wildman–Crippen MR) is 70.3 cm³/mol. The van der Waals surface area contributed by atoms with Crippen molar-refractivity contribution in [2.45, 2.75) is 25.5 Å². The molecule has 2 amide bonds. The Kier molecular flexibility index (Phi) is 4.34. The summed E-state index contributed by atoms with van der Waals surface area (Å²) in [5, 5.41) is 12.1. The minimum atomic E-state index is -0.743. The van der Waals surface area contributed by atoms with Gasteiger partial charge < -0.3 is 15.3 Å². The van der Waals surface area contributed by atoms with Gasteiger partial charge in [0.05, 0.1) is 12.1 Å². The van der Waals surface area contributed by atoms with E-state index >= 15 is 0 Å². The van der Waals surface area contributed by atoms with Gasteiger partial charge >= 0.3 is 11.8 Å². The lowest BCUT2D eigenvalue weighted by Crippen LogP contribution is -2.61. The van der Waals surface area contributed by atoms with E-state index in [2.05, 4.69) is 5.32 Å². The molecule has 2 atom stereocenters. The van der Waals surface area contributed by atoms with Crippen molar-refractivity contribution in [3.63, 3.8) is 0 Å². The van der Waals surface area contributed by atoms with Gasteiger partial charge in [-0.05, 0) is 31.0 Å². The van der Waals surface area contributed by atoms with Crippen molar-refractivity contribution in [3.8, 4) is 0 Å². The summed E-state index contributed by atoms with van der Waals surface area (Å²) in [6.45, 7) is 2.07. The van der Waals surface area contributed by atoms with E-state index in [0.29, 0.717) is 6.42 Å². The van der Waals surface area contributed by atoms with Crippen LogP contribution >= 0.6 is 0 Å². The standard InChI is InChI=1S/C14H17FN2O3/c1-9(18)12-8-16-13(19)14(20)17(12)6-5-10-3-2-4-11(15)7-10/h2-4,7,9,12,18H,5-6,8H2,1H3,(H,16,19)/t9?,12-/m1/s1. The monoisotopic (exact) mass is 280 g/mol. The number of carbonyl (C=O) groups is 2. The second-order valence-corrected chi connectivity index (χ2v) is 4.90. The van der Waals surface area contributed by atoms with Crippen LogP contribution in [0.1, 0.15) is 12.5 Å². The molecule has 5 nitrogen and oxygen atoms in total. The fourth-order valence-corrected chi connectivity index (χ4v) is 2.30. The maximum atomic E-state index is 13.1. The Balaban J connectivity index is 2.07. The molecule has 1 saturated heterocycles. The molecule has 0 spiro atoms. The third-order valence-electron chi connectivity index (χ3n) is 3.41. The molecule has 2 N–H and O–H groups in total. The number of hydrogen-bond donors (Lipinski definition) is 2. The average Bonchev–Trinajstić information content (AvgIpc) is 2.40. The van der Waals surface area contributed by atoms with Gasteiger partial charge in [-0.2, -0.15) is 0 Å². The molecule has 0 saturated carbocycles. The van der Waals surface area contributed by atoms with Crippen molar-refractivity contribution in [1.29, 1.82) is 0 Å². The number of piperazine rings is 1. The molecule has 0 aliphatic carbocycles. The Morgan fingerprint density at radius 1 is 1.50 bits per heavy atom. The van der Waals surface area contributed by atoms with Crippen molar-refractivity contribution in [2.75, 3.05) is 13.1 Å². The number of aliphatic hydroxyl groups is 1. The molecule has 1 aromatic rings. The molecule has 20 heavy (non-hydrogen) atoms. The molecular formula is C14H17FN2O3. The van der Waals surface area contributed by atoms with Crippen molar-refractivity contribution < 1.29 is 19.1 Å². The topological polar surface area (TPSA) is 69.6 Å². The van der Waals surface area contributed by atoms with E-state index in [1.165, 1.54) is 17.0 Å². The molecule has 6 heteroatoms. The third-order valence-corrected chi connectivity index (χ3v) is 3.41. The van der Waals surface area contributed by atoms with Crippen LogP contribution in [0.3, 0.4) is 0 Å². The highest BCUT2D eigenvalue weighted by molar-refractivity contribution is 6.35. The molecule has 1 unspecified atom stereocenters. The van der Waals surface area contributed by atoms with Gasteiger partial charge in [-0.25, -0.2) is 4.39 Å². The van der Waals surface area contributed by atoms with Gasteiger partial charge in [0.25, 0.3) is 0 Å². The highest BCUT2D eigenvalue weighted by Gasteiger charge is 2.35. The first-order chi connectivity index (χ1) is 9.49. The number of nitrogens with one attached hydrogen (secondary N) is 1. The van der Waals surface area contributed by atoms with Gasteiger partial charge in [-0.15, -0.1) is 0 Å². The van der Waals surface area contributed by atoms with Crippen LogP contribution in [-0.2, 0) is 16.0 Å². The van der Waals surface area contributed by atoms with E-state index < -0.39 is 24.0 Å². The lowest BCUT2D eigenvalue weighted by Gasteiger charge is -2.36. The third kappa shape index (κ3) is 3.14. The minimum absolute atomic E-state index is 0.228. The number of carbonyl (C=O) groups excluding carboxylic acids is 2. The molecule has 0 bridgehead atoms. The summed E-state index contributed by atoms with van der Waals surface area (Å²) in [5.74, 6) is -1.66. The second kappa shape index (κ2) is 6.00. The number of rotatable bonds is 4. The molecule has 1 aromatic carbocycles. The minimum Gasteiger partial charge on any atom is -0.391 e. The van der Waals surface area contributed by atoms with Crippen LogP contribution < -0.4 is 5.32 Å². The first kappa shape index (κ1) is 14.5. The van der Waals surface area contributed by atoms with Crippen LogP contribution in [0.2, 0.25) is 0 Å². The Morgan fingerprint density at radius 2 is 2.25 bits per heavy atom. The van der Waals surface area contributed by atoms with E-state index in [0.717, 1.165) is 5.56 Å². The Hall–Kier alpha value is -1.95.